The van der Waals surface area contributed by atoms with Crippen LogP contribution in [0.5, 0.6) is 0 Å². The van der Waals surface area contributed by atoms with Crippen LogP contribution in [0.3, 0.4) is 0 Å². The average molecular weight is 286 g/mol. The van der Waals surface area contributed by atoms with Gasteiger partial charge in [-0.3, -0.25) is 4.79 Å². The van der Waals surface area contributed by atoms with Crippen LogP contribution in [0.15, 0.2) is 24.3 Å². The van der Waals surface area contributed by atoms with E-state index in [0.717, 1.165) is 31.5 Å². The number of hydrogen-bond acceptors (Lipinski definition) is 2. The molecule has 0 aliphatic carbocycles. The molecule has 0 radical (unpaired) electrons. The Morgan fingerprint density at radius 1 is 1.40 bits per heavy atom. The van der Waals surface area contributed by atoms with Gasteiger partial charge < -0.3 is 10.2 Å². The number of nitrogens with zero attached hydrogens (tertiary/aromatic N) is 1. The summed E-state index contributed by atoms with van der Waals surface area (Å²) in [5, 5.41) is 3.18. The minimum atomic E-state index is -4.43. The first-order valence-electron chi connectivity index (χ1n) is 6.55. The highest BCUT2D eigenvalue weighted by molar-refractivity contribution is 5.94. The Bertz CT molecular complexity index is 482. The summed E-state index contributed by atoms with van der Waals surface area (Å²) in [6.07, 6.45) is -2.60. The van der Waals surface area contributed by atoms with Gasteiger partial charge in [0.1, 0.15) is 0 Å². The Morgan fingerprint density at radius 2 is 2.15 bits per heavy atom. The normalized spacial score (nSPS) is 19.7. The predicted octanol–water partition coefficient (Wildman–Crippen LogP) is 2.53. The van der Waals surface area contributed by atoms with Gasteiger partial charge in [0, 0.05) is 25.2 Å². The van der Waals surface area contributed by atoms with Crippen LogP contribution >= 0.6 is 0 Å². The smallest absolute Gasteiger partial charge is 0.337 e. The van der Waals surface area contributed by atoms with Gasteiger partial charge in [0.2, 0.25) is 0 Å². The minimum Gasteiger partial charge on any atom is -0.337 e. The molecule has 1 aromatic carbocycles. The van der Waals surface area contributed by atoms with Gasteiger partial charge in [-0.05, 0) is 37.6 Å². The fourth-order valence-electron chi connectivity index (χ4n) is 2.36. The molecule has 1 heterocycles. The fraction of sp³-hybridized carbons (Fsp3) is 0.500. The molecule has 1 aliphatic heterocycles. The van der Waals surface area contributed by atoms with Crippen LogP contribution in [-0.2, 0) is 6.18 Å². The molecule has 6 heteroatoms. The van der Waals surface area contributed by atoms with Gasteiger partial charge in [0.05, 0.1) is 5.56 Å². The van der Waals surface area contributed by atoms with Crippen molar-refractivity contribution in [3.05, 3.63) is 35.4 Å². The van der Waals surface area contributed by atoms with Crippen LogP contribution in [0, 0.1) is 0 Å². The number of carbonyl (C=O) groups is 1. The van der Waals surface area contributed by atoms with Gasteiger partial charge in [-0.15, -0.1) is 0 Å². The van der Waals surface area contributed by atoms with E-state index >= 15 is 0 Å². The number of alkyl halides is 3. The summed E-state index contributed by atoms with van der Waals surface area (Å²) in [6, 6.07) is 4.60. The number of hydrogen-bond donors (Lipinski definition) is 1. The molecule has 110 valence electrons. The highest BCUT2D eigenvalue weighted by Crippen LogP contribution is 2.29. The molecule has 3 nitrogen and oxygen atoms in total. The molecule has 1 saturated heterocycles. The van der Waals surface area contributed by atoms with Crippen molar-refractivity contribution in [2.24, 2.45) is 0 Å². The zero-order valence-corrected chi connectivity index (χ0v) is 11.2. The number of amides is 1. The van der Waals surface area contributed by atoms with Gasteiger partial charge in [0.15, 0.2) is 0 Å². The van der Waals surface area contributed by atoms with Crippen molar-refractivity contribution in [3.63, 3.8) is 0 Å². The van der Waals surface area contributed by atoms with Crippen molar-refractivity contribution < 1.29 is 18.0 Å². The van der Waals surface area contributed by atoms with Gasteiger partial charge in [-0.2, -0.15) is 13.2 Å². The van der Waals surface area contributed by atoms with Crippen LogP contribution in [0.1, 0.15) is 28.8 Å². The van der Waals surface area contributed by atoms with E-state index in [-0.39, 0.29) is 17.5 Å². The highest BCUT2D eigenvalue weighted by Gasteiger charge is 2.31. The fourth-order valence-corrected chi connectivity index (χ4v) is 2.36. The maximum atomic E-state index is 12.7. The molecule has 1 N–H and O–H groups in total. The van der Waals surface area contributed by atoms with Crippen LogP contribution in [0.2, 0.25) is 0 Å². The maximum absolute atomic E-state index is 12.7. The average Bonchev–Trinajstić information content (AvgIpc) is 2.46. The molecule has 20 heavy (non-hydrogen) atoms. The summed E-state index contributed by atoms with van der Waals surface area (Å²) in [6.45, 7) is 1.60. The third-order valence-corrected chi connectivity index (χ3v) is 3.58. The van der Waals surface area contributed by atoms with E-state index in [0.29, 0.717) is 6.54 Å². The van der Waals surface area contributed by atoms with E-state index in [1.54, 1.807) is 7.05 Å². The second-order valence-electron chi connectivity index (χ2n) is 4.99. The number of rotatable bonds is 2. The molecule has 0 spiro atoms. The number of likely N-dealkylation sites (N-methyl/N-ethyl adjacent to an activating group) is 1. The molecule has 1 aliphatic rings. The van der Waals surface area contributed by atoms with Crippen LogP contribution in [-0.4, -0.2) is 37.0 Å². The number of piperidine rings is 1. The minimum absolute atomic E-state index is 0.0331. The van der Waals surface area contributed by atoms with E-state index in [2.05, 4.69) is 5.32 Å². The number of carbonyl (C=O) groups excluding carboxylic acids is 1. The van der Waals surface area contributed by atoms with Crippen molar-refractivity contribution in [3.8, 4) is 0 Å². The first-order valence-corrected chi connectivity index (χ1v) is 6.55. The van der Waals surface area contributed by atoms with Crippen molar-refractivity contribution in [2.45, 2.75) is 25.1 Å². The van der Waals surface area contributed by atoms with E-state index < -0.39 is 11.7 Å². The first-order chi connectivity index (χ1) is 9.39. The molecule has 0 unspecified atom stereocenters. The van der Waals surface area contributed by atoms with Gasteiger partial charge >= 0.3 is 6.18 Å². The van der Waals surface area contributed by atoms with E-state index in [1.807, 2.05) is 0 Å². The monoisotopic (exact) mass is 286 g/mol. The molecule has 1 fully saturated rings. The predicted molar refractivity (Wildman–Crippen MR) is 69.4 cm³/mol. The van der Waals surface area contributed by atoms with Gasteiger partial charge in [-0.1, -0.05) is 6.07 Å². The second kappa shape index (κ2) is 5.83. The molecule has 0 bridgehead atoms. The molecular formula is C14H17F3N2O. The quantitative estimate of drug-likeness (QED) is 0.906. The topological polar surface area (TPSA) is 32.3 Å². The number of nitrogens with one attached hydrogen (secondary N) is 1. The summed E-state index contributed by atoms with van der Waals surface area (Å²) in [7, 11) is 1.64. The molecule has 1 atom stereocenters. The summed E-state index contributed by atoms with van der Waals surface area (Å²) in [5.74, 6) is -0.371. The van der Waals surface area contributed by atoms with Crippen LogP contribution < -0.4 is 5.32 Å². The lowest BCUT2D eigenvalue weighted by atomic mass is 10.0. The molecule has 1 amide bonds. The molecule has 0 saturated carbocycles. The Balaban J connectivity index is 2.16. The molecule has 1 aromatic rings. The Labute approximate surface area is 115 Å². The van der Waals surface area contributed by atoms with Crippen LogP contribution in [0.4, 0.5) is 13.2 Å². The van der Waals surface area contributed by atoms with Crippen molar-refractivity contribution in [2.75, 3.05) is 20.1 Å². The van der Waals surface area contributed by atoms with Gasteiger partial charge in [0.25, 0.3) is 5.91 Å². The zero-order valence-electron chi connectivity index (χ0n) is 11.2. The largest absolute Gasteiger partial charge is 0.416 e. The van der Waals surface area contributed by atoms with Gasteiger partial charge in [-0.25, -0.2) is 0 Å². The van der Waals surface area contributed by atoms with Crippen LogP contribution in [0.25, 0.3) is 0 Å². The lowest BCUT2D eigenvalue weighted by molar-refractivity contribution is -0.137. The summed E-state index contributed by atoms with van der Waals surface area (Å²) < 4.78 is 38.0. The lowest BCUT2D eigenvalue weighted by Crippen LogP contribution is -2.46. The third kappa shape index (κ3) is 3.30. The number of benzene rings is 1. The third-order valence-electron chi connectivity index (χ3n) is 3.58. The summed E-state index contributed by atoms with van der Waals surface area (Å²) in [4.78, 5) is 13.8. The highest BCUT2D eigenvalue weighted by atomic mass is 19.4. The van der Waals surface area contributed by atoms with E-state index in [1.165, 1.54) is 17.0 Å². The van der Waals surface area contributed by atoms with E-state index in [9.17, 15) is 18.0 Å². The van der Waals surface area contributed by atoms with Crippen molar-refractivity contribution in [1.82, 2.24) is 10.2 Å². The van der Waals surface area contributed by atoms with Crippen molar-refractivity contribution >= 4 is 5.91 Å². The second-order valence-corrected chi connectivity index (χ2v) is 4.99. The Kier molecular flexibility index (Phi) is 4.32. The summed E-state index contributed by atoms with van der Waals surface area (Å²) in [5.41, 5.74) is -0.716. The standard InChI is InChI=1S/C14H17F3N2O/c1-19(12-6-3-7-18-9-12)13(20)10-4-2-5-11(8-10)14(15,16)17/h2,4-5,8,12,18H,3,6-7,9H2,1H3/t12-/m1/s1. The van der Waals surface area contributed by atoms with E-state index in [4.69, 9.17) is 0 Å². The maximum Gasteiger partial charge on any atom is 0.416 e. The zero-order chi connectivity index (χ0) is 14.8. The molecule has 2 rings (SSSR count). The Morgan fingerprint density at radius 3 is 2.75 bits per heavy atom. The summed E-state index contributed by atoms with van der Waals surface area (Å²) >= 11 is 0. The SMILES string of the molecule is CN(C(=O)c1cccc(C(F)(F)F)c1)[C@@H]1CCCNC1. The Hall–Kier alpha value is -1.56. The first kappa shape index (κ1) is 14.8. The lowest BCUT2D eigenvalue weighted by Gasteiger charge is -2.31. The van der Waals surface area contributed by atoms with Crippen molar-refractivity contribution in [1.29, 1.82) is 0 Å². The molecular weight excluding hydrogens is 269 g/mol. The number of halogens is 3. The molecule has 0 aromatic heterocycles.